The van der Waals surface area contributed by atoms with E-state index in [1.54, 1.807) is 0 Å². The fourth-order valence-corrected chi connectivity index (χ4v) is 10.7. The van der Waals surface area contributed by atoms with Crippen LogP contribution >= 0.6 is 0 Å². The predicted octanol–water partition coefficient (Wildman–Crippen LogP) is 17.2. The lowest BCUT2D eigenvalue weighted by Crippen LogP contribution is -2.14. The molecule has 1 aromatic heterocycles. The second-order valence-electron chi connectivity index (χ2n) is 17.6. The summed E-state index contributed by atoms with van der Waals surface area (Å²) in [6.07, 6.45) is 0. The first-order valence-electron chi connectivity index (χ1n) is 21.6. The lowest BCUT2D eigenvalue weighted by molar-refractivity contribution is 0.661. The van der Waals surface area contributed by atoms with E-state index in [1.165, 1.54) is 110 Å². The summed E-state index contributed by atoms with van der Waals surface area (Å²) in [6, 6.07) is 76.3. The Kier molecular flexibility index (Phi) is 7.42. The van der Waals surface area contributed by atoms with Crippen molar-refractivity contribution >= 4 is 65.0 Å². The zero-order valence-corrected chi connectivity index (χ0v) is 34.5. The van der Waals surface area contributed by atoms with Crippen LogP contribution in [0.2, 0.25) is 0 Å². The summed E-state index contributed by atoms with van der Waals surface area (Å²) < 4.78 is 6.54. The molecule has 0 amide bonds. The van der Waals surface area contributed by atoms with Crippen LogP contribution in [0.3, 0.4) is 0 Å². The fourth-order valence-electron chi connectivity index (χ4n) is 10.7. The Morgan fingerprint density at radius 2 is 0.726 bits per heavy atom. The summed E-state index contributed by atoms with van der Waals surface area (Å²) in [5, 5.41) is 12.3. The number of hydrogen-bond acceptors (Lipinski definition) is 1. The Labute approximate surface area is 360 Å². The number of furan rings is 1. The zero-order valence-electron chi connectivity index (χ0n) is 34.5. The normalized spacial score (nSPS) is 13.1. The molecular formula is C61H40O. The molecule has 62 heavy (non-hydrogen) atoms. The number of benzene rings is 11. The molecule has 0 aliphatic heterocycles. The van der Waals surface area contributed by atoms with E-state index in [-0.39, 0.29) is 5.41 Å². The third-order valence-corrected chi connectivity index (χ3v) is 13.8. The summed E-state index contributed by atoms with van der Waals surface area (Å²) >= 11 is 0. The van der Waals surface area contributed by atoms with Crippen molar-refractivity contribution in [3.05, 3.63) is 217 Å². The summed E-state index contributed by atoms with van der Waals surface area (Å²) in [7, 11) is 0. The minimum atomic E-state index is -0.0655. The first-order chi connectivity index (χ1) is 30.5. The van der Waals surface area contributed by atoms with E-state index in [0.29, 0.717) is 0 Å². The van der Waals surface area contributed by atoms with Crippen molar-refractivity contribution in [3.63, 3.8) is 0 Å². The molecule has 0 fully saturated rings. The van der Waals surface area contributed by atoms with Gasteiger partial charge in [0.05, 0.1) is 0 Å². The summed E-state index contributed by atoms with van der Waals surface area (Å²) in [5.74, 6) is 0. The predicted molar refractivity (Wildman–Crippen MR) is 263 cm³/mol. The topological polar surface area (TPSA) is 13.1 Å². The third kappa shape index (κ3) is 5.22. The molecule has 0 N–H and O–H groups in total. The van der Waals surface area contributed by atoms with E-state index in [9.17, 15) is 0 Å². The maximum atomic E-state index is 6.54. The van der Waals surface area contributed by atoms with Crippen LogP contribution in [0.25, 0.3) is 121 Å². The molecule has 0 atom stereocenters. The van der Waals surface area contributed by atoms with Crippen molar-refractivity contribution in [2.75, 3.05) is 0 Å². The SMILES string of the molecule is CC1(C)c2ccc(-c3ccc4oc5ccc(-c6c7ccccc7c(-c7ccc(-c8ccc9ccccc9c8)cc7)c7ccccc67)cc5c4c3)cc2-c2cc3ccccc3cc21. The second kappa shape index (κ2) is 13.1. The molecule has 0 spiro atoms. The molecule has 1 nitrogen and oxygen atoms in total. The smallest absolute Gasteiger partial charge is 0.135 e. The van der Waals surface area contributed by atoms with Crippen LogP contribution < -0.4 is 0 Å². The van der Waals surface area contributed by atoms with E-state index in [4.69, 9.17) is 4.42 Å². The van der Waals surface area contributed by atoms with Crippen molar-refractivity contribution in [3.8, 4) is 55.6 Å². The molecule has 0 unspecified atom stereocenters. The highest BCUT2D eigenvalue weighted by molar-refractivity contribution is 6.22. The van der Waals surface area contributed by atoms with Crippen LogP contribution in [0.15, 0.2) is 211 Å². The van der Waals surface area contributed by atoms with Crippen LogP contribution in [0, 0.1) is 0 Å². The first-order valence-corrected chi connectivity index (χ1v) is 21.6. The van der Waals surface area contributed by atoms with Crippen molar-refractivity contribution in [2.45, 2.75) is 19.3 Å². The van der Waals surface area contributed by atoms with Crippen LogP contribution in [0.4, 0.5) is 0 Å². The summed E-state index contributed by atoms with van der Waals surface area (Å²) in [5.41, 5.74) is 16.9. The highest BCUT2D eigenvalue weighted by atomic mass is 16.3. The molecule has 0 bridgehead atoms. The third-order valence-electron chi connectivity index (χ3n) is 13.8. The minimum absolute atomic E-state index is 0.0655. The lowest BCUT2D eigenvalue weighted by atomic mass is 9.81. The number of rotatable bonds is 4. The summed E-state index contributed by atoms with van der Waals surface area (Å²) in [6.45, 7) is 4.72. The van der Waals surface area contributed by atoms with Gasteiger partial charge in [0.15, 0.2) is 0 Å². The minimum Gasteiger partial charge on any atom is -0.456 e. The Bertz CT molecular complexity index is 3770. The van der Waals surface area contributed by atoms with Gasteiger partial charge in [-0.1, -0.05) is 172 Å². The van der Waals surface area contributed by atoms with Crippen molar-refractivity contribution in [1.82, 2.24) is 0 Å². The quantitative estimate of drug-likeness (QED) is 0.162. The van der Waals surface area contributed by atoms with E-state index in [1.807, 2.05) is 0 Å². The van der Waals surface area contributed by atoms with Gasteiger partial charge in [0.1, 0.15) is 11.2 Å². The van der Waals surface area contributed by atoms with Gasteiger partial charge in [-0.15, -0.1) is 0 Å². The van der Waals surface area contributed by atoms with E-state index in [2.05, 4.69) is 220 Å². The Morgan fingerprint density at radius 1 is 0.290 bits per heavy atom. The van der Waals surface area contributed by atoms with Crippen LogP contribution in [-0.4, -0.2) is 0 Å². The highest BCUT2D eigenvalue weighted by Crippen LogP contribution is 2.51. The average Bonchev–Trinajstić information content (AvgIpc) is 3.79. The van der Waals surface area contributed by atoms with Gasteiger partial charge >= 0.3 is 0 Å². The largest absolute Gasteiger partial charge is 0.456 e. The molecule has 290 valence electrons. The van der Waals surface area contributed by atoms with Crippen molar-refractivity contribution in [1.29, 1.82) is 0 Å². The maximum absolute atomic E-state index is 6.54. The first kappa shape index (κ1) is 35.1. The van der Waals surface area contributed by atoms with Gasteiger partial charge in [0.2, 0.25) is 0 Å². The van der Waals surface area contributed by atoms with Gasteiger partial charge in [0.25, 0.3) is 0 Å². The van der Waals surface area contributed by atoms with Crippen LogP contribution in [0.5, 0.6) is 0 Å². The van der Waals surface area contributed by atoms with Crippen LogP contribution in [0.1, 0.15) is 25.0 Å². The molecule has 1 aliphatic carbocycles. The monoisotopic (exact) mass is 788 g/mol. The standard InChI is InChI=1S/C61H40O/c1-61(2)55-28-25-44(33-51(55)52-32-41-13-5-6-14-42(41)36-56(52)61)45-26-29-57-53(34-45)54-35-46(27-30-58(54)62-57)60-49-17-9-7-15-47(49)59(48-16-8-10-18-50(48)60)39-22-19-38(20-23-39)43-24-21-37-11-3-4-12-40(37)31-43/h3-36H,1-2H3. The Morgan fingerprint density at radius 3 is 1.39 bits per heavy atom. The molecule has 0 saturated heterocycles. The van der Waals surface area contributed by atoms with E-state index >= 15 is 0 Å². The number of fused-ring (bicyclic) bond motifs is 10. The van der Waals surface area contributed by atoms with Gasteiger partial charge in [-0.2, -0.15) is 0 Å². The molecule has 12 aromatic rings. The van der Waals surface area contributed by atoms with E-state index < -0.39 is 0 Å². The lowest BCUT2D eigenvalue weighted by Gasteiger charge is -2.22. The molecule has 1 heteroatoms. The molecule has 11 aromatic carbocycles. The van der Waals surface area contributed by atoms with Gasteiger partial charge in [-0.3, -0.25) is 0 Å². The molecule has 0 radical (unpaired) electrons. The van der Waals surface area contributed by atoms with Gasteiger partial charge in [-0.25, -0.2) is 0 Å². The molecular weight excluding hydrogens is 749 g/mol. The second-order valence-corrected chi connectivity index (χ2v) is 17.6. The Hall–Kier alpha value is -7.74. The van der Waals surface area contributed by atoms with E-state index in [0.717, 1.165) is 21.9 Å². The number of hydrogen-bond donors (Lipinski definition) is 0. The zero-order chi connectivity index (χ0) is 41.1. The molecule has 1 aliphatic rings. The molecule has 0 saturated carbocycles. The Balaban J connectivity index is 0.933. The molecule has 13 rings (SSSR count). The van der Waals surface area contributed by atoms with Crippen molar-refractivity contribution < 1.29 is 4.42 Å². The van der Waals surface area contributed by atoms with Crippen LogP contribution in [-0.2, 0) is 5.41 Å². The average molecular weight is 789 g/mol. The van der Waals surface area contributed by atoms with Crippen molar-refractivity contribution in [2.24, 2.45) is 0 Å². The van der Waals surface area contributed by atoms with Gasteiger partial charge in [-0.05, 0) is 158 Å². The highest BCUT2D eigenvalue weighted by Gasteiger charge is 2.36. The van der Waals surface area contributed by atoms with Gasteiger partial charge in [0, 0.05) is 16.2 Å². The molecule has 1 heterocycles. The van der Waals surface area contributed by atoms with Gasteiger partial charge < -0.3 is 4.42 Å². The summed E-state index contributed by atoms with van der Waals surface area (Å²) in [4.78, 5) is 0. The maximum Gasteiger partial charge on any atom is 0.135 e. The fraction of sp³-hybridized carbons (Fsp3) is 0.0492.